The molecule has 2 aliphatic rings. The van der Waals surface area contributed by atoms with Gasteiger partial charge < -0.3 is 19.2 Å². The molecule has 9 rings (SSSR count). The van der Waals surface area contributed by atoms with Gasteiger partial charge >= 0.3 is 21.1 Å². The van der Waals surface area contributed by atoms with Gasteiger partial charge in [-0.3, -0.25) is 0 Å². The Balaban J connectivity index is 0.00000361. The van der Waals surface area contributed by atoms with E-state index in [2.05, 4.69) is 91.6 Å². The van der Waals surface area contributed by atoms with Gasteiger partial charge in [-0.15, -0.1) is 52.9 Å². The summed E-state index contributed by atoms with van der Waals surface area (Å²) < 4.78 is 19.3. The van der Waals surface area contributed by atoms with E-state index in [1.54, 1.807) is 6.20 Å². The van der Waals surface area contributed by atoms with Crippen molar-refractivity contribution in [3.63, 3.8) is 0 Å². The quantitative estimate of drug-likeness (QED) is 0.124. The standard InChI is InChI=1S/C43H29BN2O3.Pt/c1-27(2)29-19-21-45-37(24-29)31-15-17-38-35(23-31)44-36-26-32(16-18-39(36)49-41-14-8-13-40(48-38)43(41)44)47-42-25-30(20-22-46-42)34-12-7-6-11-33(34)28-9-4-3-5-10-28;/h3-22,24-25,27H,1-2H3;/q-2;+2. The van der Waals surface area contributed by atoms with Crippen LogP contribution < -0.4 is 30.6 Å². The summed E-state index contributed by atoms with van der Waals surface area (Å²) in [6, 6.07) is 48.0. The van der Waals surface area contributed by atoms with Gasteiger partial charge in [-0.2, -0.15) is 0 Å². The third kappa shape index (κ3) is 5.70. The van der Waals surface area contributed by atoms with Crippen molar-refractivity contribution in [2.45, 2.75) is 19.8 Å². The summed E-state index contributed by atoms with van der Waals surface area (Å²) in [5.74, 6) is 4.39. The fraction of sp³-hybridized carbons (Fsp3) is 0.0698. The summed E-state index contributed by atoms with van der Waals surface area (Å²) in [6.45, 7) is 4.14. The van der Waals surface area contributed by atoms with Crippen LogP contribution in [0.1, 0.15) is 25.3 Å². The van der Waals surface area contributed by atoms with Crippen molar-refractivity contribution >= 4 is 23.1 Å². The Bertz CT molecular complexity index is 2370. The summed E-state index contributed by atoms with van der Waals surface area (Å²) >= 11 is 0. The van der Waals surface area contributed by atoms with Crippen LogP contribution in [-0.4, -0.2) is 16.7 Å². The maximum Gasteiger partial charge on any atom is 2.00 e. The molecule has 0 radical (unpaired) electrons. The smallest absolute Gasteiger partial charge is 0.518 e. The van der Waals surface area contributed by atoms with Crippen molar-refractivity contribution in [3.8, 4) is 68.1 Å². The summed E-state index contributed by atoms with van der Waals surface area (Å²) in [7, 11) is 0. The molecule has 0 N–H and O–H groups in total. The molecule has 0 aliphatic carbocycles. The second kappa shape index (κ2) is 13.1. The number of ether oxygens (including phenoxy) is 3. The fourth-order valence-electron chi connectivity index (χ4n) is 6.75. The summed E-state index contributed by atoms with van der Waals surface area (Å²) in [5.41, 5.74) is 10.1. The molecule has 0 atom stereocenters. The third-order valence-electron chi connectivity index (χ3n) is 9.18. The van der Waals surface area contributed by atoms with Crippen LogP contribution in [0, 0.1) is 12.1 Å². The Morgan fingerprint density at radius 3 is 2.06 bits per heavy atom. The Morgan fingerprint density at radius 2 is 1.30 bits per heavy atom. The maximum atomic E-state index is 6.43. The van der Waals surface area contributed by atoms with Crippen LogP contribution in [0.4, 0.5) is 0 Å². The van der Waals surface area contributed by atoms with Crippen molar-refractivity contribution in [1.82, 2.24) is 9.97 Å². The number of aromatic nitrogens is 2. The van der Waals surface area contributed by atoms with Gasteiger partial charge in [0, 0.05) is 41.2 Å². The van der Waals surface area contributed by atoms with Crippen LogP contribution in [0.5, 0.6) is 34.6 Å². The van der Waals surface area contributed by atoms with Crippen molar-refractivity contribution in [3.05, 3.63) is 151 Å². The van der Waals surface area contributed by atoms with Crippen LogP contribution in [0.2, 0.25) is 0 Å². The predicted molar refractivity (Wildman–Crippen MR) is 194 cm³/mol. The molecule has 0 fully saturated rings. The van der Waals surface area contributed by atoms with Crippen LogP contribution in [0.25, 0.3) is 33.5 Å². The van der Waals surface area contributed by atoms with Gasteiger partial charge in [0.2, 0.25) is 12.6 Å². The van der Waals surface area contributed by atoms with E-state index in [0.717, 1.165) is 67.1 Å². The molecule has 50 heavy (non-hydrogen) atoms. The van der Waals surface area contributed by atoms with E-state index in [1.807, 2.05) is 66.9 Å². The van der Waals surface area contributed by atoms with Gasteiger partial charge in [0.05, 0.1) is 0 Å². The molecule has 7 aromatic rings. The van der Waals surface area contributed by atoms with Crippen LogP contribution in [-0.2, 0) is 21.1 Å². The molecule has 5 nitrogen and oxygen atoms in total. The Morgan fingerprint density at radius 1 is 0.620 bits per heavy atom. The van der Waals surface area contributed by atoms with Crippen LogP contribution >= 0.6 is 0 Å². The number of pyridine rings is 2. The first-order chi connectivity index (χ1) is 24.1. The molecule has 0 saturated carbocycles. The monoisotopic (exact) mass is 827 g/mol. The molecule has 2 aromatic heterocycles. The average molecular weight is 828 g/mol. The van der Waals surface area contributed by atoms with E-state index in [9.17, 15) is 0 Å². The predicted octanol–water partition coefficient (Wildman–Crippen LogP) is 8.72. The Hall–Kier alpha value is -5.45. The summed E-state index contributed by atoms with van der Waals surface area (Å²) in [6.07, 6.45) is 3.65. The van der Waals surface area contributed by atoms with Crippen molar-refractivity contribution in [2.75, 3.05) is 0 Å². The van der Waals surface area contributed by atoms with E-state index >= 15 is 0 Å². The molecule has 0 unspecified atom stereocenters. The second-order valence-corrected chi connectivity index (χ2v) is 12.6. The number of fused-ring (bicyclic) bond motifs is 4. The Labute approximate surface area is 306 Å². The molecule has 2 aliphatic heterocycles. The van der Waals surface area contributed by atoms with Crippen LogP contribution in [0.3, 0.4) is 0 Å². The number of hydrogen-bond donors (Lipinski definition) is 0. The molecule has 0 amide bonds. The minimum Gasteiger partial charge on any atom is -0.518 e. The fourth-order valence-corrected chi connectivity index (χ4v) is 6.75. The number of nitrogens with zero attached hydrogens (tertiary/aromatic N) is 2. The minimum absolute atomic E-state index is 0. The average Bonchev–Trinajstić information content (AvgIpc) is 3.15. The molecule has 4 heterocycles. The van der Waals surface area contributed by atoms with Gasteiger partial charge in [-0.1, -0.05) is 86.1 Å². The summed E-state index contributed by atoms with van der Waals surface area (Å²) in [4.78, 5) is 9.26. The van der Waals surface area contributed by atoms with Gasteiger partial charge in [0.1, 0.15) is 11.5 Å². The largest absolute Gasteiger partial charge is 2.00 e. The maximum absolute atomic E-state index is 6.43. The SMILES string of the molecule is CC(C)c1ccnc(-c2[c-]c3c(cc2)Oc2cccc4c2B3c2[c-]c(Oc3cc(-c5ccccc5-c5ccccc5)ccn3)ccc2O4)c1.[Pt+2]. The second-order valence-electron chi connectivity index (χ2n) is 12.6. The molecular weight excluding hydrogens is 798 g/mol. The zero-order valence-electron chi connectivity index (χ0n) is 27.3. The minimum atomic E-state index is -0.229. The van der Waals surface area contributed by atoms with Gasteiger partial charge in [-0.25, -0.2) is 4.98 Å². The van der Waals surface area contributed by atoms with E-state index in [4.69, 9.17) is 19.2 Å². The zero-order chi connectivity index (χ0) is 32.9. The van der Waals surface area contributed by atoms with Crippen molar-refractivity contribution in [1.29, 1.82) is 0 Å². The third-order valence-corrected chi connectivity index (χ3v) is 9.18. The van der Waals surface area contributed by atoms with E-state index in [0.29, 0.717) is 23.3 Å². The van der Waals surface area contributed by atoms with E-state index in [1.165, 1.54) is 5.56 Å². The Kier molecular flexibility index (Phi) is 8.34. The van der Waals surface area contributed by atoms with Crippen LogP contribution in [0.15, 0.2) is 134 Å². The topological polar surface area (TPSA) is 53.5 Å². The van der Waals surface area contributed by atoms with Crippen molar-refractivity contribution < 1.29 is 35.3 Å². The molecule has 7 heteroatoms. The van der Waals surface area contributed by atoms with E-state index in [-0.39, 0.29) is 27.8 Å². The van der Waals surface area contributed by atoms with Gasteiger partial charge in [0.15, 0.2) is 0 Å². The van der Waals surface area contributed by atoms with Crippen molar-refractivity contribution in [2.24, 2.45) is 0 Å². The number of benzene rings is 5. The van der Waals surface area contributed by atoms with Gasteiger partial charge in [-0.05, 0) is 58.1 Å². The summed E-state index contributed by atoms with van der Waals surface area (Å²) in [5, 5.41) is 0. The molecule has 0 saturated heterocycles. The first-order valence-electron chi connectivity index (χ1n) is 16.4. The normalized spacial score (nSPS) is 12.1. The first-order valence-corrected chi connectivity index (χ1v) is 16.4. The number of rotatable bonds is 6. The van der Waals surface area contributed by atoms with Gasteiger partial charge in [0.25, 0.3) is 0 Å². The number of hydrogen-bond acceptors (Lipinski definition) is 5. The molecule has 242 valence electrons. The first kappa shape index (κ1) is 31.8. The molecule has 0 bridgehead atoms. The van der Waals surface area contributed by atoms with E-state index < -0.39 is 0 Å². The molecule has 0 spiro atoms. The molecule has 5 aromatic carbocycles. The zero-order valence-corrected chi connectivity index (χ0v) is 29.6. The molecular formula is C43H29BN2O3Pt.